The minimum absolute atomic E-state index is 0.0401. The van der Waals surface area contributed by atoms with Gasteiger partial charge >= 0.3 is 0 Å². The van der Waals surface area contributed by atoms with Crippen LogP contribution in [0.3, 0.4) is 0 Å². The van der Waals surface area contributed by atoms with E-state index >= 15 is 0 Å². The molecule has 0 rings (SSSR count). The second kappa shape index (κ2) is 19.9. The lowest BCUT2D eigenvalue weighted by molar-refractivity contribution is -0.151. The molecule has 0 aromatic carbocycles. The Morgan fingerprint density at radius 2 is 0.750 bits per heavy atom. The third kappa shape index (κ3) is 17.7. The number of hydrogen-bond acceptors (Lipinski definition) is 10. The Balaban J connectivity index is 4.17. The standard InChI is InChI=1S/C18H39NO9/c1-16(26-13-7-20)23-10-4-19(5-11-24-17(2)27-14-8-21)6-12-25-18(3)28-15-9-22/h16-18,20-22H,4-15H2,1-3H3. The minimum atomic E-state index is -0.389. The smallest absolute Gasteiger partial charge is 0.154 e. The van der Waals surface area contributed by atoms with E-state index in [0.29, 0.717) is 39.5 Å². The van der Waals surface area contributed by atoms with Crippen molar-refractivity contribution < 1.29 is 43.7 Å². The summed E-state index contributed by atoms with van der Waals surface area (Å²) >= 11 is 0. The molecule has 0 aliphatic heterocycles. The number of aliphatic hydroxyl groups excluding tert-OH is 3. The van der Waals surface area contributed by atoms with Crippen LogP contribution in [-0.4, -0.2) is 118 Å². The highest BCUT2D eigenvalue weighted by Gasteiger charge is 2.10. The third-order valence-electron chi connectivity index (χ3n) is 3.61. The lowest BCUT2D eigenvalue weighted by Gasteiger charge is -2.25. The summed E-state index contributed by atoms with van der Waals surface area (Å²) in [7, 11) is 0. The van der Waals surface area contributed by atoms with E-state index in [2.05, 4.69) is 4.90 Å². The fourth-order valence-electron chi connectivity index (χ4n) is 2.18. The number of nitrogens with zero attached hydrogens (tertiary/aromatic N) is 1. The van der Waals surface area contributed by atoms with Crippen molar-refractivity contribution in [2.24, 2.45) is 0 Å². The van der Waals surface area contributed by atoms with Crippen LogP contribution in [0.1, 0.15) is 20.8 Å². The zero-order valence-corrected chi connectivity index (χ0v) is 17.5. The molecule has 0 heterocycles. The van der Waals surface area contributed by atoms with E-state index in [0.717, 1.165) is 0 Å². The zero-order chi connectivity index (χ0) is 21.0. The van der Waals surface area contributed by atoms with Crippen LogP contribution >= 0.6 is 0 Å². The van der Waals surface area contributed by atoms with Crippen molar-refractivity contribution in [2.75, 3.05) is 79.1 Å². The molecule has 0 amide bonds. The average molecular weight is 414 g/mol. The lowest BCUT2D eigenvalue weighted by Crippen LogP contribution is -2.36. The Kier molecular flexibility index (Phi) is 19.6. The van der Waals surface area contributed by atoms with Gasteiger partial charge in [-0.05, 0) is 20.8 Å². The summed E-state index contributed by atoms with van der Waals surface area (Å²) in [4.78, 5) is 2.12. The molecule has 28 heavy (non-hydrogen) atoms. The fraction of sp³-hybridized carbons (Fsp3) is 1.00. The van der Waals surface area contributed by atoms with Gasteiger partial charge in [-0.25, -0.2) is 0 Å². The van der Waals surface area contributed by atoms with Crippen LogP contribution in [0.5, 0.6) is 0 Å². The van der Waals surface area contributed by atoms with E-state index in [1.807, 2.05) is 0 Å². The summed E-state index contributed by atoms with van der Waals surface area (Å²) in [6, 6.07) is 0. The highest BCUT2D eigenvalue weighted by atomic mass is 16.7. The first-order valence-corrected chi connectivity index (χ1v) is 9.78. The molecule has 0 aliphatic carbocycles. The molecule has 0 aliphatic rings. The van der Waals surface area contributed by atoms with Gasteiger partial charge < -0.3 is 43.7 Å². The third-order valence-corrected chi connectivity index (χ3v) is 3.61. The average Bonchev–Trinajstić information content (AvgIpc) is 2.68. The van der Waals surface area contributed by atoms with Gasteiger partial charge in [0.25, 0.3) is 0 Å². The van der Waals surface area contributed by atoms with Crippen LogP contribution in [0.15, 0.2) is 0 Å². The molecule has 0 saturated carbocycles. The molecule has 0 saturated heterocycles. The summed E-state index contributed by atoms with van der Waals surface area (Å²) in [5.41, 5.74) is 0. The van der Waals surface area contributed by atoms with Gasteiger partial charge in [-0.3, -0.25) is 4.90 Å². The van der Waals surface area contributed by atoms with Gasteiger partial charge in [0.15, 0.2) is 18.9 Å². The van der Waals surface area contributed by atoms with Gasteiger partial charge in [0.1, 0.15) is 0 Å². The van der Waals surface area contributed by atoms with E-state index in [9.17, 15) is 0 Å². The van der Waals surface area contributed by atoms with Crippen LogP contribution in [0.4, 0.5) is 0 Å². The topological polar surface area (TPSA) is 119 Å². The van der Waals surface area contributed by atoms with Crippen molar-refractivity contribution >= 4 is 0 Å². The SMILES string of the molecule is CC(OCCO)OCCN(CCOC(C)OCCO)CCOC(C)OCCO. The molecule has 170 valence electrons. The quantitative estimate of drug-likeness (QED) is 0.211. The second-order valence-corrected chi connectivity index (χ2v) is 5.94. The number of rotatable bonds is 21. The predicted octanol–water partition coefficient (Wildman–Crippen LogP) is -0.597. The summed E-state index contributed by atoms with van der Waals surface area (Å²) in [6.45, 7) is 9.28. The van der Waals surface area contributed by atoms with Crippen LogP contribution in [-0.2, 0) is 28.4 Å². The molecular formula is C18H39NO9. The van der Waals surface area contributed by atoms with E-state index in [1.165, 1.54) is 0 Å². The van der Waals surface area contributed by atoms with Crippen molar-refractivity contribution in [3.05, 3.63) is 0 Å². The first-order chi connectivity index (χ1) is 13.5. The Bertz CT molecular complexity index is 278. The van der Waals surface area contributed by atoms with Crippen molar-refractivity contribution in [3.8, 4) is 0 Å². The molecule has 0 bridgehead atoms. The monoisotopic (exact) mass is 413 g/mol. The Hall–Kier alpha value is -0.400. The number of aliphatic hydroxyl groups is 3. The van der Waals surface area contributed by atoms with E-state index in [4.69, 9.17) is 43.7 Å². The van der Waals surface area contributed by atoms with Crippen molar-refractivity contribution in [1.29, 1.82) is 0 Å². The number of hydrogen-bond donors (Lipinski definition) is 3. The summed E-state index contributed by atoms with van der Waals surface area (Å²) < 4.78 is 32.5. The van der Waals surface area contributed by atoms with Crippen LogP contribution < -0.4 is 0 Å². The molecule has 10 heteroatoms. The van der Waals surface area contributed by atoms with E-state index < -0.39 is 0 Å². The Morgan fingerprint density at radius 3 is 1.00 bits per heavy atom. The lowest BCUT2D eigenvalue weighted by atomic mass is 10.4. The van der Waals surface area contributed by atoms with E-state index in [1.54, 1.807) is 20.8 Å². The largest absolute Gasteiger partial charge is 0.394 e. The predicted molar refractivity (Wildman–Crippen MR) is 102 cm³/mol. The first kappa shape index (κ1) is 27.6. The normalized spacial score (nSPS) is 15.1. The summed E-state index contributed by atoms with van der Waals surface area (Å²) in [6.07, 6.45) is -1.17. The molecular weight excluding hydrogens is 374 g/mol. The Morgan fingerprint density at radius 1 is 0.500 bits per heavy atom. The molecule has 0 radical (unpaired) electrons. The fourth-order valence-corrected chi connectivity index (χ4v) is 2.18. The molecule has 3 unspecified atom stereocenters. The Labute approximate surface area is 168 Å². The molecule has 0 fully saturated rings. The second-order valence-electron chi connectivity index (χ2n) is 5.94. The van der Waals surface area contributed by atoms with Crippen molar-refractivity contribution in [1.82, 2.24) is 4.90 Å². The van der Waals surface area contributed by atoms with Crippen LogP contribution in [0, 0.1) is 0 Å². The highest BCUT2D eigenvalue weighted by Crippen LogP contribution is 2.00. The van der Waals surface area contributed by atoms with Gasteiger partial charge in [-0.2, -0.15) is 0 Å². The maximum absolute atomic E-state index is 8.76. The van der Waals surface area contributed by atoms with Gasteiger partial charge in [-0.15, -0.1) is 0 Å². The van der Waals surface area contributed by atoms with Crippen LogP contribution in [0.25, 0.3) is 0 Å². The maximum atomic E-state index is 8.76. The van der Waals surface area contributed by atoms with Gasteiger partial charge in [0, 0.05) is 19.6 Å². The highest BCUT2D eigenvalue weighted by molar-refractivity contribution is 4.58. The minimum Gasteiger partial charge on any atom is -0.394 e. The summed E-state index contributed by atoms with van der Waals surface area (Å²) in [5.74, 6) is 0. The van der Waals surface area contributed by atoms with E-state index in [-0.39, 0.29) is 58.5 Å². The molecule has 0 aromatic heterocycles. The van der Waals surface area contributed by atoms with Gasteiger partial charge in [0.05, 0.1) is 59.5 Å². The van der Waals surface area contributed by atoms with Gasteiger partial charge in [-0.1, -0.05) is 0 Å². The molecule has 0 aromatic rings. The van der Waals surface area contributed by atoms with Crippen molar-refractivity contribution in [3.63, 3.8) is 0 Å². The van der Waals surface area contributed by atoms with Crippen LogP contribution in [0.2, 0.25) is 0 Å². The number of ether oxygens (including phenoxy) is 6. The van der Waals surface area contributed by atoms with Crippen molar-refractivity contribution in [2.45, 2.75) is 39.6 Å². The zero-order valence-electron chi connectivity index (χ0n) is 17.5. The molecule has 10 nitrogen and oxygen atoms in total. The first-order valence-electron chi connectivity index (χ1n) is 9.78. The maximum Gasteiger partial charge on any atom is 0.154 e. The van der Waals surface area contributed by atoms with Gasteiger partial charge in [0.2, 0.25) is 0 Å². The molecule has 3 atom stereocenters. The molecule has 3 N–H and O–H groups in total. The summed E-state index contributed by atoms with van der Waals surface area (Å²) in [5, 5.41) is 26.3. The molecule has 0 spiro atoms.